The van der Waals surface area contributed by atoms with Crippen LogP contribution in [0.2, 0.25) is 0 Å². The van der Waals surface area contributed by atoms with Gasteiger partial charge in [0.2, 0.25) is 0 Å². The van der Waals surface area contributed by atoms with E-state index in [0.29, 0.717) is 21.7 Å². The molecule has 2 aromatic carbocycles. The molecule has 9 heteroatoms. The van der Waals surface area contributed by atoms with Gasteiger partial charge in [-0.25, -0.2) is 4.79 Å². The highest BCUT2D eigenvalue weighted by molar-refractivity contribution is 9.10. The Kier molecular flexibility index (Phi) is 6.27. The fourth-order valence-corrected chi connectivity index (χ4v) is 2.83. The number of hydrogen-bond donors (Lipinski definition) is 1. The monoisotopic (exact) mass is 427 g/mol. The molecule has 7 nitrogen and oxygen atoms in total. The van der Waals surface area contributed by atoms with E-state index in [9.17, 15) is 14.9 Å². The Labute approximate surface area is 156 Å². The molecule has 2 rings (SSSR count). The van der Waals surface area contributed by atoms with Crippen molar-refractivity contribution in [3.8, 4) is 17.2 Å². The molecular formula is C16H14BrNO6S. The van der Waals surface area contributed by atoms with Crippen molar-refractivity contribution >= 4 is 39.3 Å². The Morgan fingerprint density at radius 2 is 2.00 bits per heavy atom. The highest BCUT2D eigenvalue weighted by Gasteiger charge is 2.16. The number of benzene rings is 2. The molecule has 0 spiro atoms. The lowest BCUT2D eigenvalue weighted by atomic mass is 10.3. The molecule has 0 aliphatic rings. The minimum absolute atomic E-state index is 0.0590. The average molecular weight is 428 g/mol. The standard InChI is InChI=1S/C16H14BrNO6S/c1-9(16(19)20)23-14-8-11(4-6-15(14)25-2)24-13-5-3-10(18(21)22)7-12(13)17/h3-9H,1-2H3,(H,19,20). The quantitative estimate of drug-likeness (QED) is 0.387. The summed E-state index contributed by atoms with van der Waals surface area (Å²) in [5, 5.41) is 19.8. The summed E-state index contributed by atoms with van der Waals surface area (Å²) in [5.41, 5.74) is -0.0590. The van der Waals surface area contributed by atoms with Crippen LogP contribution in [-0.2, 0) is 4.79 Å². The minimum atomic E-state index is -1.07. The van der Waals surface area contributed by atoms with Crippen molar-refractivity contribution in [2.45, 2.75) is 17.9 Å². The third-order valence-electron chi connectivity index (χ3n) is 3.14. The van der Waals surface area contributed by atoms with Gasteiger partial charge in [-0.3, -0.25) is 10.1 Å². The fraction of sp³-hybridized carbons (Fsp3) is 0.188. The molecule has 0 bridgehead atoms. The van der Waals surface area contributed by atoms with Crippen LogP contribution in [-0.4, -0.2) is 28.4 Å². The fourth-order valence-electron chi connectivity index (χ4n) is 1.87. The first kappa shape index (κ1) is 19.1. The SMILES string of the molecule is CSc1ccc(Oc2ccc([N+](=O)[O-])cc2Br)cc1OC(C)C(=O)O. The molecule has 25 heavy (non-hydrogen) atoms. The molecule has 0 fully saturated rings. The second-order valence-electron chi connectivity index (χ2n) is 4.88. The van der Waals surface area contributed by atoms with E-state index < -0.39 is 17.0 Å². The number of halogens is 1. The Balaban J connectivity index is 2.28. The second-order valence-corrected chi connectivity index (χ2v) is 6.59. The summed E-state index contributed by atoms with van der Waals surface area (Å²) in [4.78, 5) is 22.0. The van der Waals surface area contributed by atoms with Crippen molar-refractivity contribution in [3.05, 3.63) is 51.0 Å². The van der Waals surface area contributed by atoms with Crippen LogP contribution in [0.3, 0.4) is 0 Å². The zero-order valence-corrected chi connectivity index (χ0v) is 15.7. The van der Waals surface area contributed by atoms with Crippen LogP contribution in [0, 0.1) is 10.1 Å². The largest absolute Gasteiger partial charge is 0.479 e. The zero-order chi connectivity index (χ0) is 18.6. The van der Waals surface area contributed by atoms with E-state index in [4.69, 9.17) is 14.6 Å². The Bertz CT molecular complexity index is 813. The molecule has 132 valence electrons. The number of carboxylic acids is 1. The predicted octanol–water partition coefficient (Wildman–Crippen LogP) is 4.72. The van der Waals surface area contributed by atoms with Crippen molar-refractivity contribution in [1.29, 1.82) is 0 Å². The molecule has 0 heterocycles. The number of nitro groups is 1. The van der Waals surface area contributed by atoms with Crippen LogP contribution in [0.25, 0.3) is 0 Å². The van der Waals surface area contributed by atoms with Crippen molar-refractivity contribution in [2.24, 2.45) is 0 Å². The van der Waals surface area contributed by atoms with E-state index in [1.165, 1.54) is 36.9 Å². The maximum absolute atomic E-state index is 11.0. The van der Waals surface area contributed by atoms with Crippen LogP contribution in [0.5, 0.6) is 17.2 Å². The smallest absolute Gasteiger partial charge is 0.344 e. The number of hydrogen-bond acceptors (Lipinski definition) is 6. The van der Waals surface area contributed by atoms with Gasteiger partial charge in [-0.05, 0) is 47.3 Å². The predicted molar refractivity (Wildman–Crippen MR) is 96.8 cm³/mol. The van der Waals surface area contributed by atoms with Crippen LogP contribution < -0.4 is 9.47 Å². The number of non-ortho nitro benzene ring substituents is 1. The van der Waals surface area contributed by atoms with E-state index in [-0.39, 0.29) is 5.69 Å². The van der Waals surface area contributed by atoms with Crippen molar-refractivity contribution < 1.29 is 24.3 Å². The van der Waals surface area contributed by atoms with Crippen LogP contribution in [0.4, 0.5) is 5.69 Å². The van der Waals surface area contributed by atoms with E-state index in [0.717, 1.165) is 4.90 Å². The molecule has 1 N–H and O–H groups in total. The molecule has 0 aliphatic heterocycles. The maximum atomic E-state index is 11.0. The maximum Gasteiger partial charge on any atom is 0.344 e. The van der Waals surface area contributed by atoms with E-state index in [1.54, 1.807) is 18.2 Å². The summed E-state index contributed by atoms with van der Waals surface area (Å²) >= 11 is 4.65. The summed E-state index contributed by atoms with van der Waals surface area (Å²) in [6, 6.07) is 9.20. The van der Waals surface area contributed by atoms with Gasteiger partial charge in [0.15, 0.2) is 6.10 Å². The number of rotatable bonds is 7. The van der Waals surface area contributed by atoms with Crippen LogP contribution in [0.1, 0.15) is 6.92 Å². The van der Waals surface area contributed by atoms with Crippen molar-refractivity contribution in [2.75, 3.05) is 6.26 Å². The molecule has 0 amide bonds. The number of carbonyl (C=O) groups is 1. The summed E-state index contributed by atoms with van der Waals surface area (Å²) in [6.45, 7) is 1.44. The highest BCUT2D eigenvalue weighted by Crippen LogP contribution is 2.37. The molecule has 2 aromatic rings. The zero-order valence-electron chi connectivity index (χ0n) is 13.3. The molecule has 0 saturated heterocycles. The molecule has 1 unspecified atom stereocenters. The summed E-state index contributed by atoms with van der Waals surface area (Å²) in [5.74, 6) is 0.120. The minimum Gasteiger partial charge on any atom is -0.479 e. The van der Waals surface area contributed by atoms with Gasteiger partial charge in [-0.2, -0.15) is 0 Å². The van der Waals surface area contributed by atoms with Gasteiger partial charge in [0.1, 0.15) is 17.2 Å². The van der Waals surface area contributed by atoms with E-state index in [2.05, 4.69) is 15.9 Å². The topological polar surface area (TPSA) is 98.9 Å². The first-order valence-corrected chi connectivity index (χ1v) is 9.03. The average Bonchev–Trinajstić information content (AvgIpc) is 2.56. The molecule has 0 aromatic heterocycles. The third-order valence-corrected chi connectivity index (χ3v) is 4.54. The number of ether oxygens (including phenoxy) is 2. The van der Waals surface area contributed by atoms with Gasteiger partial charge in [0.05, 0.1) is 9.40 Å². The number of nitro benzene ring substituents is 1. The molecular weight excluding hydrogens is 414 g/mol. The molecule has 0 aliphatic carbocycles. The van der Waals surface area contributed by atoms with Crippen LogP contribution in [0.15, 0.2) is 45.8 Å². The lowest BCUT2D eigenvalue weighted by Gasteiger charge is -2.15. The highest BCUT2D eigenvalue weighted by atomic mass is 79.9. The second kappa shape index (κ2) is 8.21. The Morgan fingerprint density at radius 1 is 1.28 bits per heavy atom. The molecule has 1 atom stereocenters. The van der Waals surface area contributed by atoms with Crippen molar-refractivity contribution in [1.82, 2.24) is 0 Å². The molecule has 0 radical (unpaired) electrons. The Hall–Kier alpha value is -2.26. The van der Waals surface area contributed by atoms with Gasteiger partial charge in [-0.15, -0.1) is 11.8 Å². The number of aliphatic carboxylic acids is 1. The number of nitrogens with zero attached hydrogens (tertiary/aromatic N) is 1. The van der Waals surface area contributed by atoms with Gasteiger partial charge < -0.3 is 14.6 Å². The molecule has 0 saturated carbocycles. The summed E-state index contributed by atoms with van der Waals surface area (Å²) < 4.78 is 11.6. The first-order chi connectivity index (χ1) is 11.8. The van der Waals surface area contributed by atoms with Crippen LogP contribution >= 0.6 is 27.7 Å². The van der Waals surface area contributed by atoms with E-state index in [1.807, 2.05) is 6.26 Å². The van der Waals surface area contributed by atoms with E-state index >= 15 is 0 Å². The van der Waals surface area contributed by atoms with Gasteiger partial charge in [0.25, 0.3) is 5.69 Å². The first-order valence-electron chi connectivity index (χ1n) is 7.01. The lowest BCUT2D eigenvalue weighted by molar-refractivity contribution is -0.384. The third kappa shape index (κ3) is 4.86. The van der Waals surface area contributed by atoms with Gasteiger partial charge >= 0.3 is 5.97 Å². The Morgan fingerprint density at radius 3 is 2.56 bits per heavy atom. The number of carboxylic acid groups (broad SMARTS) is 1. The summed E-state index contributed by atoms with van der Waals surface area (Å²) in [6.07, 6.45) is 0.841. The van der Waals surface area contributed by atoms with Crippen molar-refractivity contribution in [3.63, 3.8) is 0 Å². The van der Waals surface area contributed by atoms with Gasteiger partial charge in [-0.1, -0.05) is 0 Å². The lowest BCUT2D eigenvalue weighted by Crippen LogP contribution is -2.23. The summed E-state index contributed by atoms with van der Waals surface area (Å²) in [7, 11) is 0. The van der Waals surface area contributed by atoms with Gasteiger partial charge in [0, 0.05) is 23.1 Å². The number of thioether (sulfide) groups is 1. The normalized spacial score (nSPS) is 11.6.